The summed E-state index contributed by atoms with van der Waals surface area (Å²) in [4.78, 5) is 31.5. The number of nitrogens with zero attached hydrogens (tertiary/aromatic N) is 7. The van der Waals surface area contributed by atoms with Crippen molar-refractivity contribution in [2.75, 3.05) is 10.6 Å². The fraction of sp³-hybridized carbons (Fsp3) is 0.161. The molecule has 0 radical (unpaired) electrons. The van der Waals surface area contributed by atoms with E-state index in [1.807, 2.05) is 30.3 Å². The number of rotatable bonds is 6. The molecule has 0 bridgehead atoms. The van der Waals surface area contributed by atoms with Gasteiger partial charge in [0, 0.05) is 35.0 Å². The third-order valence-electron chi connectivity index (χ3n) is 7.21. The number of carbonyl (C=O) groups excluding carboxylic acids is 1. The lowest BCUT2D eigenvalue weighted by molar-refractivity contribution is -0.116. The van der Waals surface area contributed by atoms with Gasteiger partial charge in [-0.05, 0) is 31.9 Å². The molecular formula is C31H22FN9O2. The van der Waals surface area contributed by atoms with Gasteiger partial charge in [0.15, 0.2) is 0 Å². The number of nitriles is 1. The second-order valence-electron chi connectivity index (χ2n) is 10.2. The average Bonchev–Trinajstić information content (AvgIpc) is 3.80. The van der Waals surface area contributed by atoms with Crippen molar-refractivity contribution in [1.82, 2.24) is 25.1 Å². The first-order chi connectivity index (χ1) is 21.0. The maximum absolute atomic E-state index is 14.8. The summed E-state index contributed by atoms with van der Waals surface area (Å²) in [5, 5.41) is 23.4. The van der Waals surface area contributed by atoms with E-state index in [2.05, 4.69) is 46.8 Å². The number of pyridine rings is 1. The monoisotopic (exact) mass is 571 g/mol. The molecule has 1 fully saturated rings. The molecule has 5 aromatic rings. The predicted molar refractivity (Wildman–Crippen MR) is 155 cm³/mol. The smallest absolute Gasteiger partial charge is 0.317 e. The lowest BCUT2D eigenvalue weighted by Crippen LogP contribution is -2.32. The topological polar surface area (TPSA) is 155 Å². The van der Waals surface area contributed by atoms with E-state index in [1.54, 1.807) is 37.5 Å². The molecule has 0 saturated heterocycles. The van der Waals surface area contributed by atoms with Gasteiger partial charge in [0.2, 0.25) is 6.17 Å². The first kappa shape index (κ1) is 26.1. The molecule has 7 rings (SSSR count). The number of benzene rings is 2. The summed E-state index contributed by atoms with van der Waals surface area (Å²) in [7, 11) is 0. The van der Waals surface area contributed by atoms with Gasteiger partial charge in [-0.3, -0.25) is 9.78 Å². The van der Waals surface area contributed by atoms with Gasteiger partial charge < -0.3 is 15.1 Å². The molecule has 2 aliphatic rings. The van der Waals surface area contributed by atoms with E-state index in [0.29, 0.717) is 50.8 Å². The molecule has 1 aliphatic heterocycles. The number of nitrogens with one attached hydrogen (secondary N) is 2. The first-order valence-electron chi connectivity index (χ1n) is 13.6. The zero-order valence-corrected chi connectivity index (χ0v) is 22.7. The number of aromatic nitrogens is 5. The summed E-state index contributed by atoms with van der Waals surface area (Å²) in [6, 6.07) is 17.3. The van der Waals surface area contributed by atoms with Crippen LogP contribution in [0.25, 0.3) is 22.7 Å². The van der Waals surface area contributed by atoms with Gasteiger partial charge in [-0.2, -0.15) is 5.26 Å². The van der Waals surface area contributed by atoms with Gasteiger partial charge in [0.25, 0.3) is 11.8 Å². The Morgan fingerprint density at radius 2 is 1.81 bits per heavy atom. The van der Waals surface area contributed by atoms with Crippen LogP contribution in [0.4, 0.5) is 16.1 Å². The Hall–Kier alpha value is -5.83. The Labute approximate surface area is 244 Å². The Balaban J connectivity index is 1.25. The zero-order chi connectivity index (χ0) is 29.5. The van der Waals surface area contributed by atoms with Crippen molar-refractivity contribution in [1.29, 1.82) is 5.26 Å². The number of hydrogen-bond donors (Lipinski definition) is 2. The number of aliphatic imine (C=N–C) groups is 1. The van der Waals surface area contributed by atoms with Gasteiger partial charge in [-0.1, -0.05) is 47.6 Å². The van der Waals surface area contributed by atoms with Crippen LogP contribution < -0.4 is 10.6 Å². The maximum Gasteiger partial charge on any atom is 0.317 e. The highest BCUT2D eigenvalue weighted by molar-refractivity contribution is 6.19. The minimum atomic E-state index is -1.23. The molecule has 1 amide bonds. The molecule has 43 heavy (non-hydrogen) atoms. The Bertz CT molecular complexity index is 1940. The van der Waals surface area contributed by atoms with E-state index in [1.165, 1.54) is 6.07 Å². The largest absolute Gasteiger partial charge is 0.403 e. The number of fused-ring (bicyclic) bond motifs is 1. The lowest BCUT2D eigenvalue weighted by atomic mass is 10.0. The normalized spacial score (nSPS) is 16.0. The highest BCUT2D eigenvalue weighted by Gasteiger charge is 2.30. The van der Waals surface area contributed by atoms with Crippen molar-refractivity contribution in [3.05, 3.63) is 101 Å². The van der Waals surface area contributed by atoms with E-state index in [0.717, 1.165) is 18.7 Å². The SMILES string of the molecule is Cc1nc(-c2cnc(C3CC3)nc2)c(-c2nnc(N[C@H]3N=C(c4ccccc4)c4cccc(F)c4NC3=O)o2)cc1C#N. The van der Waals surface area contributed by atoms with Crippen molar-refractivity contribution in [2.24, 2.45) is 4.99 Å². The molecule has 1 atom stereocenters. The number of para-hydroxylation sites is 1. The van der Waals surface area contributed by atoms with E-state index in [4.69, 9.17) is 4.42 Å². The summed E-state index contributed by atoms with van der Waals surface area (Å²) in [6.45, 7) is 1.74. The average molecular weight is 572 g/mol. The third-order valence-corrected chi connectivity index (χ3v) is 7.21. The minimum Gasteiger partial charge on any atom is -0.403 e. The van der Waals surface area contributed by atoms with Crippen LogP contribution in [0.3, 0.4) is 0 Å². The van der Waals surface area contributed by atoms with Crippen LogP contribution in [0.5, 0.6) is 0 Å². The van der Waals surface area contributed by atoms with E-state index >= 15 is 0 Å². The molecule has 2 aromatic carbocycles. The highest BCUT2D eigenvalue weighted by atomic mass is 19.1. The van der Waals surface area contributed by atoms with Crippen LogP contribution >= 0.6 is 0 Å². The van der Waals surface area contributed by atoms with Gasteiger partial charge in [-0.15, -0.1) is 5.10 Å². The molecule has 2 N–H and O–H groups in total. The summed E-state index contributed by atoms with van der Waals surface area (Å²) in [6.07, 6.45) is 4.31. The van der Waals surface area contributed by atoms with Gasteiger partial charge in [0.1, 0.15) is 17.7 Å². The number of halogens is 1. The molecular weight excluding hydrogens is 549 g/mol. The first-order valence-corrected chi connectivity index (χ1v) is 13.6. The van der Waals surface area contributed by atoms with Crippen LogP contribution in [0.2, 0.25) is 0 Å². The van der Waals surface area contributed by atoms with Crippen LogP contribution in [-0.2, 0) is 4.79 Å². The quantitative estimate of drug-likeness (QED) is 0.286. The van der Waals surface area contributed by atoms with Gasteiger partial charge in [-0.25, -0.2) is 19.4 Å². The van der Waals surface area contributed by atoms with Crippen molar-refractivity contribution in [2.45, 2.75) is 31.8 Å². The number of hydrogen-bond acceptors (Lipinski definition) is 10. The minimum absolute atomic E-state index is 0.0277. The van der Waals surface area contributed by atoms with Crippen LogP contribution in [0, 0.1) is 24.1 Å². The summed E-state index contributed by atoms with van der Waals surface area (Å²) in [5.41, 5.74) is 3.92. The van der Waals surface area contributed by atoms with Crippen molar-refractivity contribution in [3.8, 4) is 28.8 Å². The second-order valence-corrected chi connectivity index (χ2v) is 10.2. The van der Waals surface area contributed by atoms with Crippen LogP contribution in [0.15, 0.2) is 76.4 Å². The maximum atomic E-state index is 14.8. The van der Waals surface area contributed by atoms with Crippen LogP contribution in [-0.4, -0.2) is 42.9 Å². The van der Waals surface area contributed by atoms with Gasteiger partial charge in [0.05, 0.1) is 33.9 Å². The van der Waals surface area contributed by atoms with E-state index in [-0.39, 0.29) is 17.6 Å². The standard InChI is InChI=1S/C31H22FN9O2/c1-16-19(13-33)12-22(25(36-16)20-14-34-27(35-15-20)18-10-11-18)30-40-41-31(43-30)39-28-29(42)38-26-21(8-5-9-23(26)32)24(37-28)17-6-3-2-4-7-17/h2-9,12,14-15,18,28H,10-11H2,1H3,(H,38,42)(H,39,41)/t28-/m1/s1. The summed E-state index contributed by atoms with van der Waals surface area (Å²) < 4.78 is 20.8. The number of aryl methyl sites for hydroxylation is 1. The number of anilines is 2. The predicted octanol–water partition coefficient (Wildman–Crippen LogP) is 5.01. The summed E-state index contributed by atoms with van der Waals surface area (Å²) in [5.74, 6) is 0.0400. The van der Waals surface area contributed by atoms with Crippen molar-refractivity contribution >= 4 is 23.3 Å². The fourth-order valence-electron chi connectivity index (χ4n) is 4.84. The molecule has 4 heterocycles. The third kappa shape index (κ3) is 4.97. The molecule has 3 aromatic heterocycles. The Morgan fingerprint density at radius 1 is 1.02 bits per heavy atom. The molecule has 210 valence electrons. The molecule has 0 unspecified atom stereocenters. The van der Waals surface area contributed by atoms with Crippen molar-refractivity contribution in [3.63, 3.8) is 0 Å². The Kier molecular flexibility index (Phi) is 6.39. The molecule has 1 aliphatic carbocycles. The van der Waals surface area contributed by atoms with Crippen molar-refractivity contribution < 1.29 is 13.6 Å². The highest BCUT2D eigenvalue weighted by Crippen LogP contribution is 2.38. The van der Waals surface area contributed by atoms with Gasteiger partial charge >= 0.3 is 6.01 Å². The van der Waals surface area contributed by atoms with E-state index in [9.17, 15) is 14.4 Å². The van der Waals surface area contributed by atoms with Crippen LogP contribution in [0.1, 0.15) is 47.0 Å². The second kappa shape index (κ2) is 10.5. The lowest BCUT2D eigenvalue weighted by Gasteiger charge is -2.11. The Morgan fingerprint density at radius 3 is 2.56 bits per heavy atom. The number of amides is 1. The molecule has 1 saturated carbocycles. The summed E-state index contributed by atoms with van der Waals surface area (Å²) >= 11 is 0. The number of carbonyl (C=O) groups is 1. The molecule has 12 heteroatoms. The fourth-order valence-corrected chi connectivity index (χ4v) is 4.84. The molecule has 11 nitrogen and oxygen atoms in total. The molecule has 0 spiro atoms. The van der Waals surface area contributed by atoms with E-state index < -0.39 is 17.9 Å². The zero-order valence-electron chi connectivity index (χ0n) is 22.7. The number of benzodiazepines with no additional fused rings is 1.